The van der Waals surface area contributed by atoms with E-state index < -0.39 is 0 Å². The number of nitrogens with zero attached hydrogens (tertiary/aromatic N) is 3. The summed E-state index contributed by atoms with van der Waals surface area (Å²) in [6.07, 6.45) is 6.33. The largest absolute Gasteiger partial charge is 0.384 e. The first-order valence-corrected chi connectivity index (χ1v) is 9.45. The Kier molecular flexibility index (Phi) is 4.26. The minimum atomic E-state index is 0.278. The molecule has 1 spiro atoms. The Morgan fingerprint density at radius 1 is 1.13 bits per heavy atom. The molecule has 4 rings (SSSR count). The van der Waals surface area contributed by atoms with Crippen molar-refractivity contribution in [3.8, 4) is 0 Å². The van der Waals surface area contributed by atoms with E-state index in [4.69, 9.17) is 4.74 Å². The minimum absolute atomic E-state index is 0.278. The number of likely N-dealkylation sites (tertiary alicyclic amines) is 3. The Labute approximate surface area is 139 Å². The van der Waals surface area contributed by atoms with Gasteiger partial charge < -0.3 is 19.4 Å². The predicted molar refractivity (Wildman–Crippen MR) is 89.4 cm³/mol. The van der Waals surface area contributed by atoms with Gasteiger partial charge in [-0.05, 0) is 38.0 Å². The molecule has 2 atom stereocenters. The van der Waals surface area contributed by atoms with Gasteiger partial charge in [0.15, 0.2) is 0 Å². The van der Waals surface area contributed by atoms with E-state index in [1.165, 1.54) is 38.8 Å². The van der Waals surface area contributed by atoms with Crippen LogP contribution < -0.4 is 0 Å². The van der Waals surface area contributed by atoms with Gasteiger partial charge in [-0.3, -0.25) is 0 Å². The van der Waals surface area contributed by atoms with Crippen molar-refractivity contribution in [3.05, 3.63) is 0 Å². The van der Waals surface area contributed by atoms with Crippen LogP contribution in [0, 0.1) is 17.3 Å². The summed E-state index contributed by atoms with van der Waals surface area (Å²) in [6, 6.07) is 0.288. The topological polar surface area (TPSA) is 36.0 Å². The molecule has 5 nitrogen and oxygen atoms in total. The first kappa shape index (κ1) is 15.7. The number of carbonyl (C=O) groups is 1. The Hall–Kier alpha value is -0.810. The molecule has 0 aromatic heterocycles. The number of amides is 2. The molecule has 1 aliphatic carbocycles. The van der Waals surface area contributed by atoms with Gasteiger partial charge in [0.1, 0.15) is 0 Å². The molecule has 0 N–H and O–H groups in total. The highest BCUT2D eigenvalue weighted by atomic mass is 16.5. The predicted octanol–water partition coefficient (Wildman–Crippen LogP) is 1.88. The SMILES string of the molecule is COC[C@@H]1CN(CC2CC2)C[C@]12CCN(C(=O)N1CCCC1)C2. The van der Waals surface area contributed by atoms with Crippen molar-refractivity contribution in [3.63, 3.8) is 0 Å². The quantitative estimate of drug-likeness (QED) is 0.793. The van der Waals surface area contributed by atoms with Crippen molar-refractivity contribution in [1.29, 1.82) is 0 Å². The van der Waals surface area contributed by atoms with E-state index in [0.29, 0.717) is 5.92 Å². The fourth-order valence-electron chi connectivity index (χ4n) is 5.01. The third-order valence-electron chi connectivity index (χ3n) is 6.50. The van der Waals surface area contributed by atoms with E-state index in [9.17, 15) is 4.79 Å². The third-order valence-corrected chi connectivity index (χ3v) is 6.50. The molecular formula is C18H31N3O2. The molecule has 3 aliphatic heterocycles. The fraction of sp³-hybridized carbons (Fsp3) is 0.944. The van der Waals surface area contributed by atoms with Crippen molar-refractivity contribution in [2.75, 3.05) is 59.5 Å². The Bertz CT molecular complexity index is 448. The molecule has 1 saturated carbocycles. The molecule has 130 valence electrons. The van der Waals surface area contributed by atoms with Crippen LogP contribution in [-0.2, 0) is 4.74 Å². The molecule has 23 heavy (non-hydrogen) atoms. The molecule has 4 fully saturated rings. The zero-order chi connectivity index (χ0) is 15.9. The molecule has 0 bridgehead atoms. The highest BCUT2D eigenvalue weighted by Crippen LogP contribution is 2.45. The van der Waals surface area contributed by atoms with Crippen molar-refractivity contribution >= 4 is 6.03 Å². The highest BCUT2D eigenvalue weighted by Gasteiger charge is 2.52. The molecule has 2 amide bonds. The lowest BCUT2D eigenvalue weighted by Gasteiger charge is -2.31. The molecule has 4 aliphatic rings. The Morgan fingerprint density at radius 2 is 1.91 bits per heavy atom. The van der Waals surface area contributed by atoms with E-state index >= 15 is 0 Å². The van der Waals surface area contributed by atoms with Gasteiger partial charge in [-0.1, -0.05) is 0 Å². The Balaban J connectivity index is 1.42. The molecule has 5 heteroatoms. The molecule has 3 heterocycles. The normalized spacial score (nSPS) is 34.9. The lowest BCUT2D eigenvalue weighted by molar-refractivity contribution is 0.0960. The first-order valence-electron chi connectivity index (χ1n) is 9.45. The molecule has 0 aromatic carbocycles. The summed E-state index contributed by atoms with van der Waals surface area (Å²) >= 11 is 0. The van der Waals surface area contributed by atoms with Crippen LogP contribution in [0.15, 0.2) is 0 Å². The van der Waals surface area contributed by atoms with E-state index in [-0.39, 0.29) is 11.4 Å². The van der Waals surface area contributed by atoms with Crippen molar-refractivity contribution < 1.29 is 9.53 Å². The summed E-state index contributed by atoms with van der Waals surface area (Å²) in [5, 5.41) is 0. The number of hydrogen-bond donors (Lipinski definition) is 0. The summed E-state index contributed by atoms with van der Waals surface area (Å²) < 4.78 is 5.54. The monoisotopic (exact) mass is 321 g/mol. The van der Waals surface area contributed by atoms with Crippen molar-refractivity contribution in [2.45, 2.75) is 32.1 Å². The summed E-state index contributed by atoms with van der Waals surface area (Å²) in [5.41, 5.74) is 0.278. The van der Waals surface area contributed by atoms with Gasteiger partial charge in [0.25, 0.3) is 0 Å². The smallest absolute Gasteiger partial charge is 0.320 e. The molecule has 0 unspecified atom stereocenters. The van der Waals surface area contributed by atoms with E-state index in [1.807, 2.05) is 7.11 Å². The second kappa shape index (κ2) is 6.25. The van der Waals surface area contributed by atoms with Crippen LogP contribution in [0.4, 0.5) is 4.79 Å². The maximum absolute atomic E-state index is 12.7. The average molecular weight is 321 g/mol. The third kappa shape index (κ3) is 3.10. The number of rotatable bonds is 4. The minimum Gasteiger partial charge on any atom is -0.384 e. The van der Waals surface area contributed by atoms with Crippen molar-refractivity contribution in [2.24, 2.45) is 17.3 Å². The number of methoxy groups -OCH3 is 1. The van der Waals surface area contributed by atoms with Gasteiger partial charge in [-0.2, -0.15) is 0 Å². The van der Waals surface area contributed by atoms with Crippen LogP contribution in [0.1, 0.15) is 32.1 Å². The van der Waals surface area contributed by atoms with Crippen molar-refractivity contribution in [1.82, 2.24) is 14.7 Å². The standard InChI is InChI=1S/C18H31N3O2/c1-23-12-16-11-19(10-15-4-5-15)13-18(16)6-9-21(14-18)17(22)20-7-2-3-8-20/h15-16H,2-14H2,1H3/t16-,18-/m0/s1. The van der Waals surface area contributed by atoms with Gasteiger partial charge in [-0.15, -0.1) is 0 Å². The highest BCUT2D eigenvalue weighted by molar-refractivity contribution is 5.75. The molecule has 0 radical (unpaired) electrons. The van der Waals surface area contributed by atoms with E-state index in [1.54, 1.807) is 0 Å². The van der Waals surface area contributed by atoms with Gasteiger partial charge >= 0.3 is 6.03 Å². The number of urea groups is 1. The molecular weight excluding hydrogens is 290 g/mol. The average Bonchev–Trinajstić information content (AvgIpc) is 2.96. The van der Waals surface area contributed by atoms with Crippen LogP contribution in [0.3, 0.4) is 0 Å². The summed E-state index contributed by atoms with van der Waals surface area (Å²) in [5.74, 6) is 1.53. The van der Waals surface area contributed by atoms with Gasteiger partial charge in [0.2, 0.25) is 0 Å². The van der Waals surface area contributed by atoms with E-state index in [2.05, 4.69) is 14.7 Å². The number of ether oxygens (including phenoxy) is 1. The van der Waals surface area contributed by atoms with Crippen LogP contribution in [0.2, 0.25) is 0 Å². The first-order chi connectivity index (χ1) is 11.2. The Morgan fingerprint density at radius 3 is 2.61 bits per heavy atom. The van der Waals surface area contributed by atoms with Gasteiger partial charge in [-0.25, -0.2) is 4.79 Å². The maximum Gasteiger partial charge on any atom is 0.320 e. The lowest BCUT2D eigenvalue weighted by Crippen LogP contribution is -2.43. The maximum atomic E-state index is 12.7. The van der Waals surface area contributed by atoms with Gasteiger partial charge in [0.05, 0.1) is 6.61 Å². The van der Waals surface area contributed by atoms with Crippen LogP contribution >= 0.6 is 0 Å². The summed E-state index contributed by atoms with van der Waals surface area (Å²) in [7, 11) is 1.82. The summed E-state index contributed by atoms with van der Waals surface area (Å²) in [4.78, 5) is 19.6. The van der Waals surface area contributed by atoms with E-state index in [0.717, 1.165) is 51.7 Å². The fourth-order valence-corrected chi connectivity index (χ4v) is 5.01. The number of hydrogen-bond acceptors (Lipinski definition) is 3. The lowest BCUT2D eigenvalue weighted by atomic mass is 9.78. The zero-order valence-corrected chi connectivity index (χ0v) is 14.5. The van der Waals surface area contributed by atoms with Crippen LogP contribution in [-0.4, -0.2) is 80.3 Å². The number of carbonyl (C=O) groups excluding carboxylic acids is 1. The van der Waals surface area contributed by atoms with Crippen LogP contribution in [0.25, 0.3) is 0 Å². The van der Waals surface area contributed by atoms with Gasteiger partial charge in [0, 0.05) is 64.3 Å². The molecule has 0 aromatic rings. The van der Waals surface area contributed by atoms with Crippen LogP contribution in [0.5, 0.6) is 0 Å². The zero-order valence-electron chi connectivity index (χ0n) is 14.5. The molecule has 3 saturated heterocycles. The summed E-state index contributed by atoms with van der Waals surface area (Å²) in [6.45, 7) is 8.23. The second-order valence-electron chi connectivity index (χ2n) is 8.30. The second-order valence-corrected chi connectivity index (χ2v) is 8.30.